The summed E-state index contributed by atoms with van der Waals surface area (Å²) in [7, 11) is 0. The number of anilines is 1. The molecule has 0 aliphatic rings. The van der Waals surface area contributed by atoms with Gasteiger partial charge in [0, 0.05) is 12.7 Å². The van der Waals surface area contributed by atoms with E-state index in [9.17, 15) is 9.59 Å². The minimum Gasteiger partial charge on any atom is -0.466 e. The molecule has 0 radical (unpaired) electrons. The maximum Gasteiger partial charge on any atom is 0.278 e. The van der Waals surface area contributed by atoms with Crippen molar-refractivity contribution < 1.29 is 13.8 Å². The Kier molecular flexibility index (Phi) is 4.31. The number of hydrogen-bond acceptors (Lipinski definition) is 5. The molecule has 4 rings (SSSR count). The number of rotatable bonds is 4. The van der Waals surface area contributed by atoms with Crippen LogP contribution >= 0.6 is 0 Å². The van der Waals surface area contributed by atoms with Gasteiger partial charge in [-0.1, -0.05) is 11.1 Å². The monoisotopic (exact) mass is 378 g/mol. The number of nitrogen functional groups attached to an aromatic ring is 1. The summed E-state index contributed by atoms with van der Waals surface area (Å²) in [4.78, 5) is 30.3. The van der Waals surface area contributed by atoms with E-state index in [1.54, 1.807) is 35.2 Å². The van der Waals surface area contributed by atoms with Gasteiger partial charge in [-0.15, -0.1) is 0 Å². The van der Waals surface area contributed by atoms with Gasteiger partial charge in [0.05, 0.1) is 6.26 Å². The molecule has 0 aliphatic heterocycles. The van der Waals surface area contributed by atoms with Crippen molar-refractivity contribution >= 4 is 28.4 Å². The average Bonchev–Trinajstić information content (AvgIpc) is 3.18. The molecule has 4 aromatic rings. The number of fused-ring (bicyclic) bond motifs is 2. The molecule has 1 amide bonds. The highest BCUT2D eigenvalue weighted by Gasteiger charge is 2.24. The lowest BCUT2D eigenvalue weighted by molar-refractivity contribution is -0.651. The Morgan fingerprint density at radius 1 is 1.36 bits per heavy atom. The normalized spacial score (nSPS) is 11.2. The van der Waals surface area contributed by atoms with Crippen LogP contribution < -0.4 is 21.2 Å². The fourth-order valence-corrected chi connectivity index (χ4v) is 3.21. The molecule has 0 fully saturated rings. The third-order valence-electron chi connectivity index (χ3n) is 4.57. The van der Waals surface area contributed by atoms with Crippen molar-refractivity contribution in [3.63, 3.8) is 0 Å². The number of furan rings is 1. The van der Waals surface area contributed by atoms with E-state index in [1.165, 1.54) is 10.5 Å². The van der Waals surface area contributed by atoms with Crippen molar-refractivity contribution in [3.05, 3.63) is 70.0 Å². The van der Waals surface area contributed by atoms with Crippen molar-refractivity contribution in [1.29, 1.82) is 0 Å². The van der Waals surface area contributed by atoms with E-state index >= 15 is 0 Å². The van der Waals surface area contributed by atoms with Gasteiger partial charge in [-0.3, -0.25) is 14.0 Å². The van der Waals surface area contributed by atoms with E-state index in [4.69, 9.17) is 10.2 Å². The van der Waals surface area contributed by atoms with Crippen molar-refractivity contribution in [3.8, 4) is 0 Å². The molecule has 0 unspecified atom stereocenters. The van der Waals surface area contributed by atoms with Crippen LogP contribution in [-0.4, -0.2) is 21.8 Å². The summed E-state index contributed by atoms with van der Waals surface area (Å²) in [6.45, 7) is 4.41. The van der Waals surface area contributed by atoms with Crippen LogP contribution in [0.5, 0.6) is 0 Å². The Labute approximate surface area is 160 Å². The van der Waals surface area contributed by atoms with Crippen LogP contribution in [0.4, 0.5) is 5.82 Å². The minimum absolute atomic E-state index is 0.221. The van der Waals surface area contributed by atoms with Gasteiger partial charge in [0.1, 0.15) is 23.3 Å². The SMILES string of the molecule is CCNC(=O)c1cc2c(=O)n3cc(C)ccc3nc2[n+](Cc2ccco2)c1N. The summed E-state index contributed by atoms with van der Waals surface area (Å²) in [5.74, 6) is 0.513. The zero-order chi connectivity index (χ0) is 19.8. The maximum atomic E-state index is 13.2. The smallest absolute Gasteiger partial charge is 0.278 e. The molecule has 4 heterocycles. The molecular formula is C20H20N5O3+. The highest BCUT2D eigenvalue weighted by molar-refractivity contribution is 6.00. The largest absolute Gasteiger partial charge is 0.466 e. The lowest BCUT2D eigenvalue weighted by atomic mass is 10.1. The Morgan fingerprint density at radius 3 is 2.89 bits per heavy atom. The van der Waals surface area contributed by atoms with Crippen molar-refractivity contribution in [1.82, 2.24) is 14.7 Å². The summed E-state index contributed by atoms with van der Waals surface area (Å²) in [6, 6.07) is 8.74. The predicted molar refractivity (Wildman–Crippen MR) is 104 cm³/mol. The molecule has 8 nitrogen and oxygen atoms in total. The van der Waals surface area contributed by atoms with Crippen LogP contribution in [0, 0.1) is 6.92 Å². The van der Waals surface area contributed by atoms with Gasteiger partial charge in [0.25, 0.3) is 17.1 Å². The zero-order valence-electron chi connectivity index (χ0n) is 15.6. The molecular weight excluding hydrogens is 358 g/mol. The van der Waals surface area contributed by atoms with E-state index in [-0.39, 0.29) is 29.4 Å². The summed E-state index contributed by atoms with van der Waals surface area (Å²) in [6.07, 6.45) is 3.28. The third-order valence-corrected chi connectivity index (χ3v) is 4.57. The first kappa shape index (κ1) is 17.7. The molecule has 142 valence electrons. The van der Waals surface area contributed by atoms with Crippen molar-refractivity contribution in [2.45, 2.75) is 20.4 Å². The highest BCUT2D eigenvalue weighted by Crippen LogP contribution is 2.16. The standard InChI is InChI=1S/C20H19N5O3/c1-3-22-19(26)14-9-15-18(25(17(14)21)11-13-5-4-8-28-13)23-16-7-6-12(2)10-24(16)20(15)27/h4-10,21H,3,11H2,1-2H3,(H,22,26)/p+1. The predicted octanol–water partition coefficient (Wildman–Crippen LogP) is 1.42. The van der Waals surface area contributed by atoms with Crippen molar-refractivity contribution in [2.75, 3.05) is 12.3 Å². The van der Waals surface area contributed by atoms with E-state index in [0.717, 1.165) is 5.56 Å². The van der Waals surface area contributed by atoms with Crippen LogP contribution in [0.25, 0.3) is 16.7 Å². The number of pyridine rings is 2. The molecule has 0 bridgehead atoms. The van der Waals surface area contributed by atoms with Crippen LogP contribution in [-0.2, 0) is 6.54 Å². The Balaban J connectivity index is 2.08. The fraction of sp³-hybridized carbons (Fsp3) is 0.200. The summed E-state index contributed by atoms with van der Waals surface area (Å²) < 4.78 is 8.55. The third kappa shape index (κ3) is 2.88. The van der Waals surface area contributed by atoms with Crippen LogP contribution in [0.2, 0.25) is 0 Å². The molecule has 0 aliphatic carbocycles. The van der Waals surface area contributed by atoms with Gasteiger partial charge in [-0.2, -0.15) is 0 Å². The number of nitrogens with one attached hydrogen (secondary N) is 1. The number of aryl methyl sites for hydroxylation is 1. The van der Waals surface area contributed by atoms with Crippen molar-refractivity contribution in [2.24, 2.45) is 0 Å². The number of carbonyl (C=O) groups is 1. The van der Waals surface area contributed by atoms with E-state index in [0.29, 0.717) is 29.0 Å². The van der Waals surface area contributed by atoms with E-state index in [1.807, 2.05) is 19.9 Å². The first-order chi connectivity index (χ1) is 13.5. The molecule has 0 atom stereocenters. The number of hydrogen-bond donors (Lipinski definition) is 2. The van der Waals surface area contributed by atoms with Gasteiger partial charge in [0.15, 0.2) is 0 Å². The molecule has 0 aromatic carbocycles. The van der Waals surface area contributed by atoms with Crippen LogP contribution in [0.1, 0.15) is 28.6 Å². The second-order valence-electron chi connectivity index (χ2n) is 6.56. The molecule has 0 saturated heterocycles. The summed E-state index contributed by atoms with van der Waals surface area (Å²) in [5, 5.41) is 3.04. The Morgan fingerprint density at radius 2 is 2.18 bits per heavy atom. The number of aromatic nitrogens is 3. The first-order valence-electron chi connectivity index (χ1n) is 8.95. The van der Waals surface area contributed by atoms with Gasteiger partial charge in [0.2, 0.25) is 11.5 Å². The highest BCUT2D eigenvalue weighted by atomic mass is 16.3. The first-order valence-corrected chi connectivity index (χ1v) is 8.95. The van der Waals surface area contributed by atoms with Gasteiger partial charge in [-0.25, -0.2) is 4.57 Å². The molecule has 3 N–H and O–H groups in total. The molecule has 0 saturated carbocycles. The fourth-order valence-electron chi connectivity index (χ4n) is 3.21. The number of carbonyl (C=O) groups excluding carboxylic acids is 1. The number of nitrogens with zero attached hydrogens (tertiary/aromatic N) is 3. The number of amides is 1. The van der Waals surface area contributed by atoms with Gasteiger partial charge >= 0.3 is 0 Å². The van der Waals surface area contributed by atoms with Gasteiger partial charge < -0.3 is 15.5 Å². The second kappa shape index (κ2) is 6.80. The lowest BCUT2D eigenvalue weighted by Gasteiger charge is -2.11. The van der Waals surface area contributed by atoms with E-state index < -0.39 is 0 Å². The van der Waals surface area contributed by atoms with Crippen LogP contribution in [0.3, 0.4) is 0 Å². The molecule has 8 heteroatoms. The van der Waals surface area contributed by atoms with Gasteiger partial charge in [-0.05, 0) is 43.7 Å². The quantitative estimate of drug-likeness (QED) is 0.413. The zero-order valence-corrected chi connectivity index (χ0v) is 15.6. The van der Waals surface area contributed by atoms with Crippen LogP contribution in [0.15, 0.2) is 52.0 Å². The van der Waals surface area contributed by atoms with E-state index in [2.05, 4.69) is 10.3 Å². The summed E-state index contributed by atoms with van der Waals surface area (Å²) in [5.41, 5.74) is 8.12. The minimum atomic E-state index is -0.344. The molecule has 28 heavy (non-hydrogen) atoms. The molecule has 4 aromatic heterocycles. The number of nitrogens with two attached hydrogens (primary N) is 1. The maximum absolute atomic E-state index is 13.2. The second-order valence-corrected chi connectivity index (χ2v) is 6.56. The summed E-state index contributed by atoms with van der Waals surface area (Å²) >= 11 is 0. The Bertz CT molecular complexity index is 1260. The molecule has 0 spiro atoms. The average molecular weight is 378 g/mol. The lowest BCUT2D eigenvalue weighted by Crippen LogP contribution is -2.43. The topological polar surface area (TPSA) is 107 Å². The Hall–Kier alpha value is -3.68.